The van der Waals surface area contributed by atoms with E-state index in [0.29, 0.717) is 29.7 Å². The Bertz CT molecular complexity index is 1600. The van der Waals surface area contributed by atoms with Crippen LogP contribution >= 0.6 is 0 Å². The van der Waals surface area contributed by atoms with E-state index in [0.717, 1.165) is 61.2 Å². The second-order valence-corrected chi connectivity index (χ2v) is 21.1. The van der Waals surface area contributed by atoms with Crippen LogP contribution in [0.1, 0.15) is 103 Å². The van der Waals surface area contributed by atoms with Crippen molar-refractivity contribution in [3.05, 3.63) is 58.1 Å². The Labute approximate surface area is 284 Å². The zero-order valence-electron chi connectivity index (χ0n) is 31.4. The molecule has 0 fully saturated rings. The Morgan fingerprint density at radius 2 is 1.53 bits per heavy atom. The van der Waals surface area contributed by atoms with Crippen LogP contribution < -0.4 is 9.47 Å². The molecule has 0 saturated carbocycles. The summed E-state index contributed by atoms with van der Waals surface area (Å²) in [5, 5.41) is 12.8. The molecule has 6 nitrogen and oxygen atoms in total. The molecule has 1 N–H and O–H groups in total. The topological polar surface area (TPSA) is 68.2 Å². The van der Waals surface area contributed by atoms with E-state index in [1.807, 2.05) is 25.7 Å². The van der Waals surface area contributed by atoms with Crippen molar-refractivity contribution < 1.29 is 23.8 Å². The molecule has 1 amide bonds. The van der Waals surface area contributed by atoms with Crippen LogP contribution in [-0.4, -0.2) is 51.1 Å². The monoisotopic (exact) mass is 661 g/mol. The van der Waals surface area contributed by atoms with E-state index >= 15 is 0 Å². The average molecular weight is 662 g/mol. The predicted molar refractivity (Wildman–Crippen MR) is 197 cm³/mol. The second-order valence-electron chi connectivity index (χ2n) is 15.6. The molecule has 0 aliphatic carbocycles. The van der Waals surface area contributed by atoms with Gasteiger partial charge < -0.3 is 23.9 Å². The van der Waals surface area contributed by atoms with Crippen molar-refractivity contribution >= 4 is 25.0 Å². The molecule has 1 aliphatic rings. The van der Waals surface area contributed by atoms with Gasteiger partial charge in [0, 0.05) is 16.4 Å². The molecule has 0 spiro atoms. The Kier molecular flexibility index (Phi) is 11.0. The van der Waals surface area contributed by atoms with E-state index in [4.69, 9.17) is 13.9 Å². The molecule has 1 aliphatic heterocycles. The quantitative estimate of drug-likeness (QED) is 0.219. The van der Waals surface area contributed by atoms with Crippen LogP contribution in [0.15, 0.2) is 30.3 Å². The van der Waals surface area contributed by atoms with Gasteiger partial charge in [-0.3, -0.25) is 4.79 Å². The predicted octanol–water partition coefficient (Wildman–Crippen LogP) is 9.69. The summed E-state index contributed by atoms with van der Waals surface area (Å²) in [7, 11) is 1.36. The number of nitrogens with zero attached hydrogens (tertiary/aromatic N) is 1. The third-order valence-electron chi connectivity index (χ3n) is 10.7. The third kappa shape index (κ3) is 6.48. The summed E-state index contributed by atoms with van der Waals surface area (Å²) in [4.78, 5) is 15.7. The minimum Gasteiger partial charge on any atom is -0.496 e. The summed E-state index contributed by atoms with van der Waals surface area (Å²) in [6.07, 6.45) is 0.534. The molecule has 2 atom stereocenters. The van der Waals surface area contributed by atoms with E-state index < -0.39 is 13.7 Å². The molecule has 7 heteroatoms. The average Bonchev–Trinajstić information content (AvgIpc) is 2.99. The first-order chi connectivity index (χ1) is 22.0. The summed E-state index contributed by atoms with van der Waals surface area (Å²) in [6, 6.07) is 10.3. The van der Waals surface area contributed by atoms with E-state index in [2.05, 4.69) is 92.6 Å². The standard InChI is InChI=1S/C40H59NO5Si/c1-23(2)47(24(3)4,25(5)6)46-22-29-18-32-31(16-15-26(7)37(32)35(19-29)45-14)38-33-20-30(21-42)41(39(43)40(10,11)12)28(9)36(33)27(8)17-34(38)44-13/h15-19,23-25,28,30,42H,20-22H2,1-14H3/t28-,30-/m0/s1. The third-order valence-corrected chi connectivity index (χ3v) is 16.7. The molecule has 4 rings (SSSR count). The molecule has 0 aromatic heterocycles. The minimum absolute atomic E-state index is 0.0467. The summed E-state index contributed by atoms with van der Waals surface area (Å²) in [5.74, 6) is 1.66. The highest BCUT2D eigenvalue weighted by atomic mass is 28.4. The molecular formula is C40H59NO5Si. The van der Waals surface area contributed by atoms with Gasteiger partial charge in [-0.2, -0.15) is 0 Å². The number of rotatable bonds is 10. The maximum atomic E-state index is 13.7. The molecule has 0 unspecified atom stereocenters. The van der Waals surface area contributed by atoms with Crippen LogP contribution in [0, 0.1) is 19.3 Å². The van der Waals surface area contributed by atoms with Crippen molar-refractivity contribution in [2.45, 2.75) is 125 Å². The van der Waals surface area contributed by atoms with Gasteiger partial charge in [0.2, 0.25) is 14.2 Å². The Morgan fingerprint density at radius 3 is 2.04 bits per heavy atom. The largest absolute Gasteiger partial charge is 0.496 e. The van der Waals surface area contributed by atoms with Gasteiger partial charge in [-0.25, -0.2) is 0 Å². The smallest absolute Gasteiger partial charge is 0.228 e. The van der Waals surface area contributed by atoms with Crippen LogP contribution in [0.4, 0.5) is 0 Å². The van der Waals surface area contributed by atoms with Gasteiger partial charge in [0.25, 0.3) is 0 Å². The van der Waals surface area contributed by atoms with E-state index in [1.165, 1.54) is 0 Å². The molecule has 3 aromatic carbocycles. The van der Waals surface area contributed by atoms with Gasteiger partial charge in [0.05, 0.1) is 39.5 Å². The van der Waals surface area contributed by atoms with Crippen molar-refractivity contribution in [2.75, 3.05) is 20.8 Å². The SMILES string of the molecule is COc1cc(C)c2c(c1-c1ccc(C)c3c(OC)cc(CO[Si](C(C)C)(C(C)C)C(C)C)cc13)C[C@@H](CO)N(C(=O)C(C)(C)C)[C@H]2C. The van der Waals surface area contributed by atoms with Crippen molar-refractivity contribution in [1.29, 1.82) is 0 Å². The Hall–Kier alpha value is -2.87. The van der Waals surface area contributed by atoms with Crippen molar-refractivity contribution in [3.63, 3.8) is 0 Å². The molecule has 0 radical (unpaired) electrons. The fourth-order valence-corrected chi connectivity index (χ4v) is 14.0. The Balaban J connectivity index is 2.00. The van der Waals surface area contributed by atoms with Crippen molar-refractivity contribution in [3.8, 4) is 22.6 Å². The lowest BCUT2D eigenvalue weighted by atomic mass is 9.78. The number of carbonyl (C=O) groups is 1. The number of ether oxygens (including phenoxy) is 2. The summed E-state index contributed by atoms with van der Waals surface area (Å²) < 4.78 is 19.3. The highest BCUT2D eigenvalue weighted by Gasteiger charge is 2.45. The van der Waals surface area contributed by atoms with Crippen LogP contribution in [-0.2, 0) is 22.2 Å². The number of carbonyl (C=O) groups excluding carboxylic acids is 1. The van der Waals surface area contributed by atoms with E-state index in [-0.39, 0.29) is 24.6 Å². The van der Waals surface area contributed by atoms with Crippen LogP contribution in [0.25, 0.3) is 21.9 Å². The summed E-state index contributed by atoms with van der Waals surface area (Å²) in [5.41, 5.74) is 8.51. The number of methoxy groups -OCH3 is 2. The van der Waals surface area contributed by atoms with Gasteiger partial charge in [0.1, 0.15) is 11.5 Å². The number of hydrogen-bond acceptors (Lipinski definition) is 5. The fourth-order valence-electron chi connectivity index (χ4n) is 8.63. The van der Waals surface area contributed by atoms with Gasteiger partial charge in [-0.05, 0) is 101 Å². The zero-order valence-corrected chi connectivity index (χ0v) is 32.4. The number of amides is 1. The molecular weight excluding hydrogens is 603 g/mol. The summed E-state index contributed by atoms with van der Waals surface area (Å²) in [6.45, 7) is 26.5. The van der Waals surface area contributed by atoms with E-state index in [1.54, 1.807) is 14.2 Å². The molecule has 3 aromatic rings. The molecule has 0 bridgehead atoms. The fraction of sp³-hybridized carbons (Fsp3) is 0.575. The van der Waals surface area contributed by atoms with Gasteiger partial charge in [0.15, 0.2) is 0 Å². The lowest BCUT2D eigenvalue weighted by molar-refractivity contribution is -0.146. The highest BCUT2D eigenvalue weighted by Crippen LogP contribution is 2.49. The second kappa shape index (κ2) is 13.9. The number of aliphatic hydroxyl groups is 1. The van der Waals surface area contributed by atoms with Gasteiger partial charge >= 0.3 is 0 Å². The highest BCUT2D eigenvalue weighted by molar-refractivity contribution is 6.77. The zero-order chi connectivity index (χ0) is 35.2. The minimum atomic E-state index is -2.10. The first kappa shape index (κ1) is 37.0. The maximum Gasteiger partial charge on any atom is 0.228 e. The first-order valence-corrected chi connectivity index (χ1v) is 19.5. The number of hydrogen-bond donors (Lipinski definition) is 1. The number of aryl methyl sites for hydroxylation is 2. The molecule has 0 saturated heterocycles. The lowest BCUT2D eigenvalue weighted by Gasteiger charge is -2.45. The van der Waals surface area contributed by atoms with Crippen molar-refractivity contribution in [1.82, 2.24) is 4.90 Å². The van der Waals surface area contributed by atoms with Crippen LogP contribution in [0.2, 0.25) is 16.6 Å². The number of benzene rings is 3. The van der Waals surface area contributed by atoms with Gasteiger partial charge in [-0.1, -0.05) is 74.4 Å². The lowest BCUT2D eigenvalue weighted by Crippen LogP contribution is -2.52. The number of aliphatic hydroxyl groups excluding tert-OH is 1. The van der Waals surface area contributed by atoms with Crippen molar-refractivity contribution in [2.24, 2.45) is 5.41 Å². The van der Waals surface area contributed by atoms with Gasteiger partial charge in [-0.15, -0.1) is 0 Å². The normalized spacial score (nSPS) is 17.2. The molecule has 47 heavy (non-hydrogen) atoms. The summed E-state index contributed by atoms with van der Waals surface area (Å²) >= 11 is 0. The molecule has 258 valence electrons. The molecule has 1 heterocycles. The van der Waals surface area contributed by atoms with Crippen LogP contribution in [0.5, 0.6) is 11.5 Å². The van der Waals surface area contributed by atoms with Crippen LogP contribution in [0.3, 0.4) is 0 Å². The Morgan fingerprint density at radius 1 is 0.936 bits per heavy atom. The maximum absolute atomic E-state index is 13.7. The first-order valence-electron chi connectivity index (χ1n) is 17.3. The van der Waals surface area contributed by atoms with E-state index in [9.17, 15) is 9.90 Å². The number of fused-ring (bicyclic) bond motifs is 2.